The van der Waals surface area contributed by atoms with Crippen molar-refractivity contribution in [2.24, 2.45) is 5.41 Å². The minimum absolute atomic E-state index is 0.406. The SMILES string of the molecule is CP(O)(O)(O)O.OCC(CO)(CO)CO. The van der Waals surface area contributed by atoms with Crippen LogP contribution in [0.25, 0.3) is 0 Å². The van der Waals surface area contributed by atoms with Gasteiger partial charge in [0.15, 0.2) is 0 Å². The van der Waals surface area contributed by atoms with Gasteiger partial charge in [0, 0.05) is 0 Å². The average Bonchev–Trinajstić information content (AvgIpc) is 2.05. The standard InChI is InChI=1S/C5H12O4.CH7O4P/c6-1-5(2-7,3-8)4-9;1-6(2,3,4)5/h6-9H,1-4H2;2-5H,1H3. The molecule has 0 rings (SSSR count). The summed E-state index contributed by atoms with van der Waals surface area (Å²) in [5.74, 6) is 0. The molecule has 0 aliphatic heterocycles. The number of hydrogen-bond donors (Lipinski definition) is 8. The normalized spacial score (nSPS) is 14.9. The van der Waals surface area contributed by atoms with Gasteiger partial charge in [-0.15, -0.1) is 0 Å². The van der Waals surface area contributed by atoms with Crippen LogP contribution < -0.4 is 0 Å². The van der Waals surface area contributed by atoms with Gasteiger partial charge in [-0.25, -0.2) is 0 Å². The van der Waals surface area contributed by atoms with Crippen molar-refractivity contribution in [2.45, 2.75) is 0 Å². The van der Waals surface area contributed by atoms with Crippen LogP contribution in [0.3, 0.4) is 0 Å². The summed E-state index contributed by atoms with van der Waals surface area (Å²) in [4.78, 5) is 31.1. The van der Waals surface area contributed by atoms with E-state index in [1.165, 1.54) is 0 Å². The summed E-state index contributed by atoms with van der Waals surface area (Å²) in [6, 6.07) is 0. The fraction of sp³-hybridized carbons (Fsp3) is 1.00. The zero-order valence-corrected chi connectivity index (χ0v) is 9.25. The van der Waals surface area contributed by atoms with Crippen LogP contribution in [-0.2, 0) is 0 Å². The molecule has 0 aromatic heterocycles. The van der Waals surface area contributed by atoms with E-state index in [9.17, 15) is 0 Å². The van der Waals surface area contributed by atoms with Gasteiger partial charge in [-0.05, 0) is 0 Å². The van der Waals surface area contributed by atoms with Crippen molar-refractivity contribution in [1.82, 2.24) is 0 Å². The molecule has 9 heteroatoms. The van der Waals surface area contributed by atoms with E-state index in [2.05, 4.69) is 0 Å². The number of aliphatic hydroxyl groups is 4. The molecule has 0 saturated heterocycles. The van der Waals surface area contributed by atoms with Gasteiger partial charge in [0.05, 0.1) is 31.8 Å². The van der Waals surface area contributed by atoms with Gasteiger partial charge in [0.2, 0.25) is 0 Å². The van der Waals surface area contributed by atoms with Crippen LogP contribution in [0, 0.1) is 5.41 Å². The van der Waals surface area contributed by atoms with Crippen LogP contribution in [-0.4, -0.2) is 73.1 Å². The first kappa shape index (κ1) is 17.5. The molecule has 0 atom stereocenters. The Morgan fingerprint density at radius 1 is 0.733 bits per heavy atom. The first-order valence-electron chi connectivity index (χ1n) is 3.93. The molecule has 0 spiro atoms. The van der Waals surface area contributed by atoms with Crippen molar-refractivity contribution in [3.63, 3.8) is 0 Å². The number of hydrogen-bond acceptors (Lipinski definition) is 8. The van der Waals surface area contributed by atoms with Gasteiger partial charge in [-0.1, -0.05) is 0 Å². The molecule has 0 aromatic rings. The predicted molar refractivity (Wildman–Crippen MR) is 52.5 cm³/mol. The molecule has 0 aliphatic carbocycles. The summed E-state index contributed by atoms with van der Waals surface area (Å²) in [7, 11) is -5.05. The molecule has 0 aliphatic rings. The molecule has 0 saturated carbocycles. The number of aliphatic hydroxyl groups excluding tert-OH is 4. The Hall–Kier alpha value is 0.110. The molecule has 96 valence electrons. The van der Waals surface area contributed by atoms with Gasteiger partial charge in [0.1, 0.15) is 0 Å². The Morgan fingerprint density at radius 2 is 0.867 bits per heavy atom. The molecule has 0 amide bonds. The van der Waals surface area contributed by atoms with E-state index in [4.69, 9.17) is 40.0 Å². The third kappa shape index (κ3) is 14.1. The zero-order chi connectivity index (χ0) is 12.8. The average molecular weight is 250 g/mol. The molecule has 8 nitrogen and oxygen atoms in total. The third-order valence-corrected chi connectivity index (χ3v) is 1.34. The van der Waals surface area contributed by atoms with E-state index in [-0.39, 0.29) is 0 Å². The van der Waals surface area contributed by atoms with Crippen molar-refractivity contribution in [2.75, 3.05) is 33.1 Å². The molecule has 0 aromatic carbocycles. The van der Waals surface area contributed by atoms with Gasteiger partial charge in [-0.3, -0.25) is 0 Å². The summed E-state index contributed by atoms with van der Waals surface area (Å²) >= 11 is 0. The van der Waals surface area contributed by atoms with Crippen molar-refractivity contribution in [3.8, 4) is 0 Å². The Morgan fingerprint density at radius 3 is 0.867 bits per heavy atom. The van der Waals surface area contributed by atoms with E-state index in [0.29, 0.717) is 6.66 Å². The molecule has 8 N–H and O–H groups in total. The smallest absolute Gasteiger partial charge is 0.0627 e. The number of rotatable bonds is 4. The summed E-state index contributed by atoms with van der Waals surface area (Å²) < 4.78 is 0. The van der Waals surface area contributed by atoms with E-state index in [1.54, 1.807) is 0 Å². The first-order valence-corrected chi connectivity index (χ1v) is 6.42. The Labute approximate surface area is 86.9 Å². The van der Waals surface area contributed by atoms with Crippen molar-refractivity contribution in [3.05, 3.63) is 0 Å². The maximum atomic E-state index is 8.50. The predicted octanol–water partition coefficient (Wildman–Crippen LogP) is -3.26. The van der Waals surface area contributed by atoms with Crippen LogP contribution in [0.5, 0.6) is 0 Å². The second kappa shape index (κ2) is 6.00. The van der Waals surface area contributed by atoms with Crippen LogP contribution >= 0.6 is 7.51 Å². The molecule has 0 bridgehead atoms. The Bertz CT molecular complexity index is 135. The molecular weight excluding hydrogens is 231 g/mol. The Balaban J connectivity index is 0. The summed E-state index contributed by atoms with van der Waals surface area (Å²) in [5.41, 5.74) is -1.11. The second-order valence-electron chi connectivity index (χ2n) is 3.47. The van der Waals surface area contributed by atoms with E-state index in [1.807, 2.05) is 0 Å². The maximum Gasteiger partial charge on any atom is 0.0627 e. The van der Waals surface area contributed by atoms with Gasteiger partial charge in [-0.2, -0.15) is 0 Å². The fourth-order valence-corrected chi connectivity index (χ4v) is 0.300. The van der Waals surface area contributed by atoms with Gasteiger partial charge in [0.25, 0.3) is 0 Å². The second-order valence-corrected chi connectivity index (χ2v) is 6.14. The molecular formula is C6H19O8P. The zero-order valence-electron chi connectivity index (χ0n) is 8.35. The van der Waals surface area contributed by atoms with Crippen LogP contribution in [0.1, 0.15) is 0 Å². The van der Waals surface area contributed by atoms with Crippen molar-refractivity contribution < 1.29 is 40.0 Å². The van der Waals surface area contributed by atoms with Crippen molar-refractivity contribution >= 4 is 7.51 Å². The third-order valence-electron chi connectivity index (χ3n) is 1.34. The maximum absolute atomic E-state index is 8.50. The Kier molecular flexibility index (Phi) is 7.00. The molecule has 0 radical (unpaired) electrons. The first-order chi connectivity index (χ1) is 6.48. The van der Waals surface area contributed by atoms with E-state index < -0.39 is 39.4 Å². The monoisotopic (exact) mass is 250 g/mol. The van der Waals surface area contributed by atoms with Crippen LogP contribution in [0.2, 0.25) is 0 Å². The quantitative estimate of drug-likeness (QED) is 0.241. The van der Waals surface area contributed by atoms with E-state index >= 15 is 0 Å². The summed E-state index contributed by atoms with van der Waals surface area (Å²) in [6.45, 7) is -1.06. The topological polar surface area (TPSA) is 162 Å². The largest absolute Gasteiger partial charge is 0.396 e. The summed E-state index contributed by atoms with van der Waals surface area (Å²) in [5, 5.41) is 34.0. The summed E-state index contributed by atoms with van der Waals surface area (Å²) in [6.07, 6.45) is 0. The fourth-order valence-electron chi connectivity index (χ4n) is 0.300. The van der Waals surface area contributed by atoms with Crippen LogP contribution in [0.4, 0.5) is 0 Å². The van der Waals surface area contributed by atoms with Gasteiger partial charge < -0.3 is 20.4 Å². The molecule has 0 fully saturated rings. The minimum atomic E-state index is -5.05. The minimum Gasteiger partial charge on any atom is -0.396 e. The van der Waals surface area contributed by atoms with Gasteiger partial charge >= 0.3 is 33.7 Å². The molecule has 15 heavy (non-hydrogen) atoms. The van der Waals surface area contributed by atoms with Crippen molar-refractivity contribution in [1.29, 1.82) is 0 Å². The van der Waals surface area contributed by atoms with E-state index in [0.717, 1.165) is 0 Å². The van der Waals surface area contributed by atoms with Crippen LogP contribution in [0.15, 0.2) is 0 Å². The molecule has 0 heterocycles. The molecule has 0 unspecified atom stereocenters.